The Bertz CT molecular complexity index is 271. The number of hydrogen-bond donors (Lipinski definition) is 1. The van der Waals surface area contributed by atoms with Crippen LogP contribution >= 0.6 is 0 Å². The molecule has 1 rings (SSSR count). The standard InChI is InChI=1S/C10H13FO/c1-3-7(2)8-4-5-9(11)10(12)6-8/h4-7,12H,3H2,1-2H3/t7-/m0/s1. The average molecular weight is 168 g/mol. The highest BCUT2D eigenvalue weighted by Crippen LogP contribution is 2.24. The summed E-state index contributed by atoms with van der Waals surface area (Å²) in [6.07, 6.45) is 0.991. The van der Waals surface area contributed by atoms with Crippen molar-refractivity contribution in [2.75, 3.05) is 0 Å². The van der Waals surface area contributed by atoms with Crippen molar-refractivity contribution < 1.29 is 9.50 Å². The van der Waals surface area contributed by atoms with Gasteiger partial charge in [0, 0.05) is 0 Å². The van der Waals surface area contributed by atoms with Gasteiger partial charge in [-0.2, -0.15) is 0 Å². The van der Waals surface area contributed by atoms with Crippen LogP contribution in [0.1, 0.15) is 31.7 Å². The molecule has 0 aromatic heterocycles. The van der Waals surface area contributed by atoms with Gasteiger partial charge in [0.2, 0.25) is 0 Å². The Morgan fingerprint density at radius 2 is 2.17 bits per heavy atom. The average Bonchev–Trinajstić information content (AvgIpc) is 2.08. The third kappa shape index (κ3) is 1.76. The van der Waals surface area contributed by atoms with Gasteiger partial charge in [-0.3, -0.25) is 0 Å². The summed E-state index contributed by atoms with van der Waals surface area (Å²) in [4.78, 5) is 0. The molecule has 1 aromatic rings. The molecule has 0 saturated heterocycles. The summed E-state index contributed by atoms with van der Waals surface area (Å²) in [5.74, 6) is -0.439. The minimum absolute atomic E-state index is 0.257. The number of hydrogen-bond acceptors (Lipinski definition) is 1. The van der Waals surface area contributed by atoms with Gasteiger partial charge in [-0.25, -0.2) is 4.39 Å². The van der Waals surface area contributed by atoms with E-state index in [0.29, 0.717) is 5.92 Å². The molecular weight excluding hydrogens is 155 g/mol. The molecule has 0 aliphatic rings. The smallest absolute Gasteiger partial charge is 0.164 e. The van der Waals surface area contributed by atoms with Crippen LogP contribution in [0.2, 0.25) is 0 Å². The molecule has 0 saturated carbocycles. The van der Waals surface area contributed by atoms with Gasteiger partial charge in [0.05, 0.1) is 0 Å². The van der Waals surface area contributed by atoms with Crippen molar-refractivity contribution >= 4 is 0 Å². The number of aromatic hydroxyl groups is 1. The molecule has 0 bridgehead atoms. The Balaban J connectivity index is 2.96. The van der Waals surface area contributed by atoms with Gasteiger partial charge in [0.1, 0.15) is 0 Å². The molecule has 12 heavy (non-hydrogen) atoms. The molecule has 1 atom stereocenters. The first-order chi connectivity index (χ1) is 5.65. The monoisotopic (exact) mass is 168 g/mol. The zero-order chi connectivity index (χ0) is 9.14. The van der Waals surface area contributed by atoms with Crippen LogP contribution in [0.15, 0.2) is 18.2 Å². The van der Waals surface area contributed by atoms with Crippen LogP contribution in [-0.4, -0.2) is 5.11 Å². The molecule has 0 spiro atoms. The lowest BCUT2D eigenvalue weighted by molar-refractivity contribution is 0.431. The molecule has 1 nitrogen and oxygen atoms in total. The third-order valence-electron chi connectivity index (χ3n) is 2.15. The first-order valence-electron chi connectivity index (χ1n) is 4.13. The first kappa shape index (κ1) is 9.04. The lowest BCUT2D eigenvalue weighted by Gasteiger charge is -2.08. The Morgan fingerprint density at radius 1 is 1.50 bits per heavy atom. The van der Waals surface area contributed by atoms with Gasteiger partial charge in [-0.15, -0.1) is 0 Å². The summed E-state index contributed by atoms with van der Waals surface area (Å²) in [6.45, 7) is 4.11. The van der Waals surface area contributed by atoms with Crippen LogP contribution in [0, 0.1) is 5.82 Å². The first-order valence-corrected chi connectivity index (χ1v) is 4.13. The summed E-state index contributed by atoms with van der Waals surface area (Å²) in [5, 5.41) is 9.07. The maximum Gasteiger partial charge on any atom is 0.164 e. The van der Waals surface area contributed by atoms with E-state index in [2.05, 4.69) is 6.92 Å². The molecule has 1 N–H and O–H groups in total. The molecule has 0 aliphatic carbocycles. The highest BCUT2D eigenvalue weighted by atomic mass is 19.1. The van der Waals surface area contributed by atoms with Crippen molar-refractivity contribution in [2.24, 2.45) is 0 Å². The lowest BCUT2D eigenvalue weighted by Crippen LogP contribution is -1.91. The van der Waals surface area contributed by atoms with Gasteiger partial charge in [-0.05, 0) is 30.0 Å². The molecule has 0 heterocycles. The third-order valence-corrected chi connectivity index (χ3v) is 2.15. The van der Waals surface area contributed by atoms with Crippen molar-refractivity contribution in [1.82, 2.24) is 0 Å². The van der Waals surface area contributed by atoms with E-state index in [1.165, 1.54) is 12.1 Å². The van der Waals surface area contributed by atoms with Crippen LogP contribution in [-0.2, 0) is 0 Å². The van der Waals surface area contributed by atoms with Gasteiger partial charge in [0.25, 0.3) is 0 Å². The summed E-state index contributed by atoms with van der Waals surface area (Å²) in [7, 11) is 0. The normalized spacial score (nSPS) is 12.9. The fourth-order valence-electron chi connectivity index (χ4n) is 1.07. The van der Waals surface area contributed by atoms with Gasteiger partial charge < -0.3 is 5.11 Å². The number of phenolic OH excluding ortho intramolecular Hbond substituents is 1. The predicted molar refractivity (Wildman–Crippen MR) is 46.8 cm³/mol. The second-order valence-corrected chi connectivity index (χ2v) is 3.02. The van der Waals surface area contributed by atoms with Crippen LogP contribution in [0.25, 0.3) is 0 Å². The van der Waals surface area contributed by atoms with Crippen LogP contribution in [0.3, 0.4) is 0 Å². The Kier molecular flexibility index (Phi) is 2.69. The molecule has 1 aromatic carbocycles. The van der Waals surface area contributed by atoms with Gasteiger partial charge in [0.15, 0.2) is 11.6 Å². The van der Waals surface area contributed by atoms with Crippen molar-refractivity contribution in [1.29, 1.82) is 0 Å². The van der Waals surface area contributed by atoms with Crippen LogP contribution in [0.5, 0.6) is 5.75 Å². The van der Waals surface area contributed by atoms with Crippen molar-refractivity contribution in [3.8, 4) is 5.75 Å². The topological polar surface area (TPSA) is 20.2 Å². The van der Waals surface area contributed by atoms with E-state index in [-0.39, 0.29) is 5.75 Å². The van der Waals surface area contributed by atoms with Crippen molar-refractivity contribution in [3.63, 3.8) is 0 Å². The Morgan fingerprint density at radius 3 is 2.67 bits per heavy atom. The largest absolute Gasteiger partial charge is 0.505 e. The molecule has 0 amide bonds. The van der Waals surface area contributed by atoms with Crippen LogP contribution in [0.4, 0.5) is 4.39 Å². The zero-order valence-electron chi connectivity index (χ0n) is 7.34. The predicted octanol–water partition coefficient (Wildman–Crippen LogP) is 3.04. The molecule has 2 heteroatoms. The maximum atomic E-state index is 12.6. The fourth-order valence-corrected chi connectivity index (χ4v) is 1.07. The van der Waals surface area contributed by atoms with Crippen molar-refractivity contribution in [2.45, 2.75) is 26.2 Å². The molecular formula is C10H13FO. The van der Waals surface area contributed by atoms with E-state index in [1.54, 1.807) is 6.07 Å². The fraction of sp³-hybridized carbons (Fsp3) is 0.400. The van der Waals surface area contributed by atoms with E-state index < -0.39 is 5.82 Å². The second-order valence-electron chi connectivity index (χ2n) is 3.02. The highest BCUT2D eigenvalue weighted by Gasteiger charge is 2.05. The van der Waals surface area contributed by atoms with E-state index in [0.717, 1.165) is 12.0 Å². The molecule has 0 radical (unpaired) electrons. The zero-order valence-corrected chi connectivity index (χ0v) is 7.34. The number of phenols is 1. The summed E-state index contributed by atoms with van der Waals surface area (Å²) in [6, 6.07) is 4.50. The summed E-state index contributed by atoms with van der Waals surface area (Å²) in [5.41, 5.74) is 0.983. The molecule has 0 fully saturated rings. The number of benzene rings is 1. The van der Waals surface area contributed by atoms with E-state index in [1.807, 2.05) is 6.92 Å². The maximum absolute atomic E-state index is 12.6. The van der Waals surface area contributed by atoms with Gasteiger partial charge in [-0.1, -0.05) is 19.9 Å². The Labute approximate surface area is 71.9 Å². The lowest BCUT2D eigenvalue weighted by atomic mass is 9.98. The molecule has 0 unspecified atom stereocenters. The summed E-state index contributed by atoms with van der Waals surface area (Å²) < 4.78 is 12.6. The summed E-state index contributed by atoms with van der Waals surface area (Å²) >= 11 is 0. The van der Waals surface area contributed by atoms with E-state index >= 15 is 0 Å². The van der Waals surface area contributed by atoms with Gasteiger partial charge >= 0.3 is 0 Å². The number of rotatable bonds is 2. The second kappa shape index (κ2) is 3.57. The SMILES string of the molecule is CC[C@H](C)c1ccc(F)c(O)c1. The van der Waals surface area contributed by atoms with Crippen molar-refractivity contribution in [3.05, 3.63) is 29.6 Å². The van der Waals surface area contributed by atoms with E-state index in [9.17, 15) is 4.39 Å². The minimum Gasteiger partial charge on any atom is -0.505 e. The van der Waals surface area contributed by atoms with E-state index in [4.69, 9.17) is 5.11 Å². The minimum atomic E-state index is -0.554. The molecule has 0 aliphatic heterocycles. The van der Waals surface area contributed by atoms with Crippen LogP contribution < -0.4 is 0 Å². The molecule has 66 valence electrons. The Hall–Kier alpha value is -1.05. The quantitative estimate of drug-likeness (QED) is 0.719. The highest BCUT2D eigenvalue weighted by molar-refractivity contribution is 5.30. The number of halogens is 1.